The number of halogens is 1. The van der Waals surface area contributed by atoms with Crippen LogP contribution in [-0.4, -0.2) is 52.6 Å². The van der Waals surface area contributed by atoms with E-state index < -0.39 is 5.60 Å². The number of nitrogens with zero attached hydrogens (tertiary/aromatic N) is 2. The number of carbonyl (C=O) groups is 1. The lowest BCUT2D eigenvalue weighted by Crippen LogP contribution is -2.61. The lowest BCUT2D eigenvalue weighted by molar-refractivity contribution is -0.153. The fourth-order valence-electron chi connectivity index (χ4n) is 4.79. The van der Waals surface area contributed by atoms with Crippen LogP contribution in [0, 0.1) is 24.6 Å². The summed E-state index contributed by atoms with van der Waals surface area (Å²) in [5.74, 6) is 0.402. The molecule has 2 atom stereocenters. The molecule has 4 nitrogen and oxygen atoms in total. The van der Waals surface area contributed by atoms with Crippen molar-refractivity contribution in [2.45, 2.75) is 51.2 Å². The highest BCUT2D eigenvalue weighted by atomic mass is 19.1. The van der Waals surface area contributed by atoms with Crippen molar-refractivity contribution in [1.29, 1.82) is 0 Å². The first kappa shape index (κ1) is 17.9. The van der Waals surface area contributed by atoms with Crippen LogP contribution in [0.1, 0.15) is 43.2 Å². The second kappa shape index (κ2) is 6.93. The summed E-state index contributed by atoms with van der Waals surface area (Å²) in [7, 11) is 0. The molecule has 0 radical (unpaired) electrons. The molecular formula is C21H29FN2O2. The van der Waals surface area contributed by atoms with Gasteiger partial charge in [-0.3, -0.25) is 9.69 Å². The van der Waals surface area contributed by atoms with E-state index in [4.69, 9.17) is 0 Å². The van der Waals surface area contributed by atoms with E-state index in [1.54, 1.807) is 12.1 Å². The van der Waals surface area contributed by atoms with Crippen LogP contribution < -0.4 is 0 Å². The number of benzene rings is 1. The summed E-state index contributed by atoms with van der Waals surface area (Å²) in [5, 5.41) is 11.0. The van der Waals surface area contributed by atoms with Crippen molar-refractivity contribution in [3.63, 3.8) is 0 Å². The number of hydrogen-bond donors (Lipinski definition) is 1. The number of carbonyl (C=O) groups excluding carboxylic acids is 1. The Morgan fingerprint density at radius 2 is 2.00 bits per heavy atom. The highest BCUT2D eigenvalue weighted by Gasteiger charge is 2.46. The second-order valence-electron chi connectivity index (χ2n) is 8.58. The van der Waals surface area contributed by atoms with E-state index in [1.165, 1.54) is 6.42 Å². The van der Waals surface area contributed by atoms with Gasteiger partial charge in [-0.15, -0.1) is 0 Å². The van der Waals surface area contributed by atoms with Crippen molar-refractivity contribution in [3.05, 3.63) is 35.1 Å². The third-order valence-corrected chi connectivity index (χ3v) is 6.63. The summed E-state index contributed by atoms with van der Waals surface area (Å²) in [6.07, 6.45) is 4.63. The third kappa shape index (κ3) is 3.52. The highest BCUT2D eigenvalue weighted by molar-refractivity contribution is 5.79. The van der Waals surface area contributed by atoms with Crippen molar-refractivity contribution in [2.75, 3.05) is 26.2 Å². The van der Waals surface area contributed by atoms with Gasteiger partial charge < -0.3 is 10.0 Å². The zero-order chi connectivity index (χ0) is 18.3. The lowest BCUT2D eigenvalue weighted by Gasteiger charge is -2.51. The first-order valence-electron chi connectivity index (χ1n) is 9.92. The SMILES string of the molecule is Cc1cc(F)cc(CN2CC[C@@]3(O)CCN(C(=O)C4CCC4)C[C@H]3C2)c1. The van der Waals surface area contributed by atoms with E-state index in [0.717, 1.165) is 43.5 Å². The molecule has 3 aliphatic rings. The predicted octanol–water partition coefficient (Wildman–Crippen LogP) is 2.72. The van der Waals surface area contributed by atoms with Crippen LogP contribution in [0.5, 0.6) is 0 Å². The maximum Gasteiger partial charge on any atom is 0.225 e. The molecule has 1 aromatic rings. The van der Waals surface area contributed by atoms with Gasteiger partial charge in [0.25, 0.3) is 0 Å². The van der Waals surface area contributed by atoms with E-state index in [2.05, 4.69) is 4.90 Å². The number of hydrogen-bond acceptors (Lipinski definition) is 3. The average Bonchev–Trinajstić information content (AvgIpc) is 2.52. The minimum absolute atomic E-state index is 0.0867. The molecule has 2 heterocycles. The first-order valence-corrected chi connectivity index (χ1v) is 9.92. The molecule has 5 heteroatoms. The van der Waals surface area contributed by atoms with Crippen molar-refractivity contribution in [1.82, 2.24) is 9.80 Å². The number of rotatable bonds is 3. The van der Waals surface area contributed by atoms with Gasteiger partial charge in [0.05, 0.1) is 5.60 Å². The Bertz CT molecular complexity index is 670. The molecule has 0 aromatic heterocycles. The molecule has 1 saturated carbocycles. The number of aryl methyl sites for hydroxylation is 1. The quantitative estimate of drug-likeness (QED) is 0.901. The van der Waals surface area contributed by atoms with Gasteiger partial charge >= 0.3 is 0 Å². The molecular weight excluding hydrogens is 331 g/mol. The Hall–Kier alpha value is -1.46. The van der Waals surface area contributed by atoms with Gasteiger partial charge in [-0.05, 0) is 55.9 Å². The van der Waals surface area contributed by atoms with Crippen LogP contribution in [0.4, 0.5) is 4.39 Å². The predicted molar refractivity (Wildman–Crippen MR) is 98.0 cm³/mol. The molecule has 0 bridgehead atoms. The van der Waals surface area contributed by atoms with Crippen LogP contribution in [0.25, 0.3) is 0 Å². The smallest absolute Gasteiger partial charge is 0.225 e. The van der Waals surface area contributed by atoms with Gasteiger partial charge in [-0.1, -0.05) is 12.5 Å². The number of likely N-dealkylation sites (tertiary alicyclic amines) is 2. The minimum atomic E-state index is -0.648. The molecule has 1 aliphatic carbocycles. The van der Waals surface area contributed by atoms with Gasteiger partial charge in [0.15, 0.2) is 0 Å². The Balaban J connectivity index is 1.41. The molecule has 3 fully saturated rings. The minimum Gasteiger partial charge on any atom is -0.389 e. The highest BCUT2D eigenvalue weighted by Crippen LogP contribution is 2.38. The van der Waals surface area contributed by atoms with E-state index in [-0.39, 0.29) is 23.6 Å². The summed E-state index contributed by atoms with van der Waals surface area (Å²) in [6.45, 7) is 5.53. The maximum absolute atomic E-state index is 13.7. The van der Waals surface area contributed by atoms with Gasteiger partial charge in [0.1, 0.15) is 5.82 Å². The van der Waals surface area contributed by atoms with Crippen molar-refractivity contribution < 1.29 is 14.3 Å². The van der Waals surface area contributed by atoms with Crippen molar-refractivity contribution in [3.8, 4) is 0 Å². The molecule has 4 rings (SSSR count). The molecule has 1 amide bonds. The Morgan fingerprint density at radius 1 is 1.23 bits per heavy atom. The van der Waals surface area contributed by atoms with Gasteiger partial charge in [0.2, 0.25) is 5.91 Å². The largest absolute Gasteiger partial charge is 0.389 e. The third-order valence-electron chi connectivity index (χ3n) is 6.63. The molecule has 0 unspecified atom stereocenters. The van der Waals surface area contributed by atoms with E-state index in [1.807, 2.05) is 17.9 Å². The van der Waals surface area contributed by atoms with Crippen LogP contribution in [0.2, 0.25) is 0 Å². The van der Waals surface area contributed by atoms with Gasteiger partial charge in [-0.2, -0.15) is 0 Å². The topological polar surface area (TPSA) is 43.8 Å². The van der Waals surface area contributed by atoms with Crippen molar-refractivity contribution >= 4 is 5.91 Å². The molecule has 1 N–H and O–H groups in total. The fourth-order valence-corrected chi connectivity index (χ4v) is 4.79. The molecule has 26 heavy (non-hydrogen) atoms. The Morgan fingerprint density at radius 3 is 2.69 bits per heavy atom. The summed E-state index contributed by atoms with van der Waals surface area (Å²) >= 11 is 0. The fraction of sp³-hybridized carbons (Fsp3) is 0.667. The lowest BCUT2D eigenvalue weighted by atomic mass is 9.74. The van der Waals surface area contributed by atoms with E-state index in [0.29, 0.717) is 26.1 Å². The van der Waals surface area contributed by atoms with Crippen LogP contribution in [0.3, 0.4) is 0 Å². The molecule has 2 saturated heterocycles. The average molecular weight is 360 g/mol. The molecule has 0 spiro atoms. The summed E-state index contributed by atoms with van der Waals surface area (Å²) in [6, 6.07) is 5.17. The van der Waals surface area contributed by atoms with E-state index in [9.17, 15) is 14.3 Å². The number of aliphatic hydroxyl groups is 1. The number of amides is 1. The van der Waals surface area contributed by atoms with Crippen LogP contribution >= 0.6 is 0 Å². The maximum atomic E-state index is 13.7. The Labute approximate surface area is 155 Å². The summed E-state index contributed by atoms with van der Waals surface area (Å²) in [5.41, 5.74) is 1.26. The number of piperidine rings is 2. The Kier molecular flexibility index (Phi) is 4.78. The van der Waals surface area contributed by atoms with Crippen molar-refractivity contribution in [2.24, 2.45) is 11.8 Å². The normalized spacial score (nSPS) is 30.0. The van der Waals surface area contributed by atoms with Crippen LogP contribution in [0.15, 0.2) is 18.2 Å². The van der Waals surface area contributed by atoms with Gasteiger partial charge in [0, 0.05) is 44.6 Å². The molecule has 1 aromatic carbocycles. The molecule has 142 valence electrons. The zero-order valence-corrected chi connectivity index (χ0v) is 15.6. The second-order valence-corrected chi connectivity index (χ2v) is 8.58. The zero-order valence-electron chi connectivity index (χ0n) is 15.6. The summed E-state index contributed by atoms with van der Waals surface area (Å²) in [4.78, 5) is 16.9. The standard InChI is InChI=1S/C21H29FN2O2/c1-15-9-16(11-19(22)10-15)12-23-7-5-21(26)6-8-24(14-18(21)13-23)20(25)17-3-2-4-17/h9-11,17-18,26H,2-8,12-14H2,1H3/t18-,21-/m1/s1. The van der Waals surface area contributed by atoms with E-state index >= 15 is 0 Å². The van der Waals surface area contributed by atoms with Crippen LogP contribution in [-0.2, 0) is 11.3 Å². The number of fused-ring (bicyclic) bond motifs is 1. The first-order chi connectivity index (χ1) is 12.4. The van der Waals surface area contributed by atoms with Gasteiger partial charge in [-0.25, -0.2) is 4.39 Å². The monoisotopic (exact) mass is 360 g/mol. The summed E-state index contributed by atoms with van der Waals surface area (Å²) < 4.78 is 13.7. The molecule has 2 aliphatic heterocycles.